The molecule has 0 fully saturated rings. The number of thioether (sulfide) groups is 1. The van der Waals surface area contributed by atoms with Crippen molar-refractivity contribution in [1.82, 2.24) is 9.55 Å². The van der Waals surface area contributed by atoms with Crippen LogP contribution in [0.3, 0.4) is 0 Å². The fourth-order valence-corrected chi connectivity index (χ4v) is 2.90. The molecule has 0 aliphatic rings. The zero-order valence-corrected chi connectivity index (χ0v) is 11.6. The van der Waals surface area contributed by atoms with Gasteiger partial charge in [-0.25, -0.2) is 0 Å². The van der Waals surface area contributed by atoms with Gasteiger partial charge in [0, 0.05) is 23.2 Å². The number of aryl methyl sites for hydroxylation is 1. The Morgan fingerprint density at radius 3 is 2.40 bits per heavy atom. The third-order valence-electron chi connectivity index (χ3n) is 3.24. The number of rotatable bonds is 5. The van der Waals surface area contributed by atoms with Gasteiger partial charge in [0.05, 0.1) is 0 Å². The van der Waals surface area contributed by atoms with Crippen LogP contribution in [0.25, 0.3) is 0 Å². The molecule has 0 spiro atoms. The van der Waals surface area contributed by atoms with Crippen LogP contribution in [0.15, 0.2) is 6.20 Å². The Balaban J connectivity index is 2.97. The molecule has 1 N–H and O–H groups in total. The lowest BCUT2D eigenvalue weighted by atomic mass is 10.0. The Morgan fingerprint density at radius 1 is 1.47 bits per heavy atom. The number of hydrogen-bond donors (Lipinski definition) is 1. The normalized spacial score (nSPS) is 12.0. The largest absolute Gasteiger partial charge is 0.337 e. The topological polar surface area (TPSA) is 20.7 Å². The van der Waals surface area contributed by atoms with Crippen molar-refractivity contribution >= 4 is 24.0 Å². The molecule has 15 heavy (non-hydrogen) atoms. The van der Waals surface area contributed by atoms with Crippen LogP contribution in [0.1, 0.15) is 32.4 Å². The van der Waals surface area contributed by atoms with Crippen molar-refractivity contribution in [3.05, 3.63) is 16.7 Å². The van der Waals surface area contributed by atoms with Crippen LogP contribution < -0.4 is 0 Å². The Hall–Kier alpha value is -0.220. The SMILES string of the molecule is CCC(CC)(Cn1c(C)c[nH]c1=S)SC. The molecule has 0 radical (unpaired) electrons. The first-order valence-corrected chi connectivity index (χ1v) is 7.02. The standard InChI is InChI=1S/C11H20N2S2/c1-5-11(6-2,15-4)8-13-9(3)7-12-10(13)14/h7H,5-6,8H2,1-4H3,(H,12,14). The van der Waals surface area contributed by atoms with E-state index in [1.165, 1.54) is 18.5 Å². The van der Waals surface area contributed by atoms with Gasteiger partial charge in [0.15, 0.2) is 4.77 Å². The summed E-state index contributed by atoms with van der Waals surface area (Å²) in [7, 11) is 0. The summed E-state index contributed by atoms with van der Waals surface area (Å²) < 4.78 is 3.37. The Labute approximate surface area is 101 Å². The molecule has 2 nitrogen and oxygen atoms in total. The zero-order chi connectivity index (χ0) is 11.5. The second-order valence-corrected chi connectivity index (χ2v) is 5.58. The molecule has 0 aliphatic heterocycles. The minimum Gasteiger partial charge on any atom is -0.337 e. The highest BCUT2D eigenvalue weighted by atomic mass is 32.2. The molecular formula is C11H20N2S2. The number of nitrogens with zero attached hydrogens (tertiary/aromatic N) is 1. The second-order valence-electron chi connectivity index (χ2n) is 3.92. The lowest BCUT2D eigenvalue weighted by Gasteiger charge is -2.30. The summed E-state index contributed by atoms with van der Waals surface area (Å²) in [4.78, 5) is 3.10. The highest BCUT2D eigenvalue weighted by molar-refractivity contribution is 8.00. The van der Waals surface area contributed by atoms with Gasteiger partial charge in [-0.3, -0.25) is 0 Å². The Kier molecular flexibility index (Phi) is 4.46. The smallest absolute Gasteiger partial charge is 0.177 e. The summed E-state index contributed by atoms with van der Waals surface area (Å²) in [6.45, 7) is 7.62. The molecule has 0 bridgehead atoms. The monoisotopic (exact) mass is 244 g/mol. The number of imidazole rings is 1. The molecule has 86 valence electrons. The van der Waals surface area contributed by atoms with Gasteiger partial charge in [-0.2, -0.15) is 11.8 Å². The van der Waals surface area contributed by atoms with Crippen LogP contribution in [-0.2, 0) is 6.54 Å². The molecule has 0 aromatic carbocycles. The van der Waals surface area contributed by atoms with Crippen LogP contribution in [0.4, 0.5) is 0 Å². The van der Waals surface area contributed by atoms with Gasteiger partial charge in [0.2, 0.25) is 0 Å². The van der Waals surface area contributed by atoms with E-state index in [2.05, 4.69) is 36.6 Å². The van der Waals surface area contributed by atoms with E-state index in [1.807, 2.05) is 18.0 Å². The quantitative estimate of drug-likeness (QED) is 0.796. The van der Waals surface area contributed by atoms with E-state index in [1.54, 1.807) is 0 Å². The molecule has 0 saturated heterocycles. The van der Waals surface area contributed by atoms with E-state index in [-0.39, 0.29) is 0 Å². The van der Waals surface area contributed by atoms with Crippen molar-refractivity contribution < 1.29 is 0 Å². The molecule has 1 heterocycles. The first-order valence-electron chi connectivity index (χ1n) is 5.38. The lowest BCUT2D eigenvalue weighted by Crippen LogP contribution is -2.29. The second kappa shape index (κ2) is 5.21. The molecule has 0 amide bonds. The predicted octanol–water partition coefficient (Wildman–Crippen LogP) is 3.78. The third-order valence-corrected chi connectivity index (χ3v) is 5.15. The highest BCUT2D eigenvalue weighted by Crippen LogP contribution is 2.32. The average molecular weight is 244 g/mol. The van der Waals surface area contributed by atoms with Crippen LogP contribution in [0.5, 0.6) is 0 Å². The molecule has 0 saturated carbocycles. The molecule has 1 aromatic heterocycles. The summed E-state index contributed by atoms with van der Waals surface area (Å²) >= 11 is 7.23. The molecule has 4 heteroatoms. The number of hydrogen-bond acceptors (Lipinski definition) is 2. The van der Waals surface area contributed by atoms with E-state index in [0.717, 1.165) is 11.3 Å². The van der Waals surface area contributed by atoms with E-state index in [4.69, 9.17) is 12.2 Å². The van der Waals surface area contributed by atoms with Gasteiger partial charge < -0.3 is 9.55 Å². The van der Waals surface area contributed by atoms with Gasteiger partial charge in [-0.1, -0.05) is 13.8 Å². The fraction of sp³-hybridized carbons (Fsp3) is 0.727. The van der Waals surface area contributed by atoms with Crippen molar-refractivity contribution in [2.24, 2.45) is 0 Å². The lowest BCUT2D eigenvalue weighted by molar-refractivity contribution is 0.458. The maximum absolute atomic E-state index is 5.28. The van der Waals surface area contributed by atoms with E-state index < -0.39 is 0 Å². The fourth-order valence-electron chi connectivity index (χ4n) is 1.79. The maximum atomic E-state index is 5.28. The van der Waals surface area contributed by atoms with Gasteiger partial charge in [-0.15, -0.1) is 0 Å². The Morgan fingerprint density at radius 2 is 2.07 bits per heavy atom. The van der Waals surface area contributed by atoms with Crippen molar-refractivity contribution in [2.75, 3.05) is 6.26 Å². The van der Waals surface area contributed by atoms with Crippen molar-refractivity contribution in [2.45, 2.75) is 44.9 Å². The molecule has 0 unspecified atom stereocenters. The molecule has 0 atom stereocenters. The number of aromatic nitrogens is 2. The average Bonchev–Trinajstić information content (AvgIpc) is 2.57. The van der Waals surface area contributed by atoms with Crippen LogP contribution in [0.2, 0.25) is 0 Å². The maximum Gasteiger partial charge on any atom is 0.177 e. The predicted molar refractivity (Wildman–Crippen MR) is 71.2 cm³/mol. The summed E-state index contributed by atoms with van der Waals surface area (Å²) in [5.74, 6) is 0. The van der Waals surface area contributed by atoms with Crippen LogP contribution in [0, 0.1) is 11.7 Å². The zero-order valence-electron chi connectivity index (χ0n) is 9.96. The third kappa shape index (κ3) is 2.67. The molecule has 1 rings (SSSR count). The molecular weight excluding hydrogens is 224 g/mol. The Bertz CT molecular complexity index is 353. The minimum atomic E-state index is 0.325. The van der Waals surface area contributed by atoms with Crippen LogP contribution >= 0.6 is 24.0 Å². The van der Waals surface area contributed by atoms with Crippen molar-refractivity contribution in [3.8, 4) is 0 Å². The summed E-state index contributed by atoms with van der Waals surface area (Å²) in [5.41, 5.74) is 1.22. The highest BCUT2D eigenvalue weighted by Gasteiger charge is 2.26. The van der Waals surface area contributed by atoms with E-state index >= 15 is 0 Å². The summed E-state index contributed by atoms with van der Waals surface area (Å²) in [6, 6.07) is 0. The van der Waals surface area contributed by atoms with Gasteiger partial charge >= 0.3 is 0 Å². The molecule has 1 aromatic rings. The van der Waals surface area contributed by atoms with Crippen LogP contribution in [-0.4, -0.2) is 20.6 Å². The summed E-state index contributed by atoms with van der Waals surface area (Å²) in [5, 5.41) is 0. The van der Waals surface area contributed by atoms with Crippen molar-refractivity contribution in [1.29, 1.82) is 0 Å². The summed E-state index contributed by atoms with van der Waals surface area (Å²) in [6.07, 6.45) is 6.53. The number of nitrogens with one attached hydrogen (secondary N) is 1. The van der Waals surface area contributed by atoms with Crippen molar-refractivity contribution in [3.63, 3.8) is 0 Å². The molecule has 0 aliphatic carbocycles. The van der Waals surface area contributed by atoms with Gasteiger partial charge in [0.25, 0.3) is 0 Å². The first kappa shape index (κ1) is 12.8. The number of H-pyrrole nitrogens is 1. The minimum absolute atomic E-state index is 0.325. The first-order chi connectivity index (χ1) is 7.08. The number of aromatic amines is 1. The van der Waals surface area contributed by atoms with E-state index in [0.29, 0.717) is 4.75 Å². The van der Waals surface area contributed by atoms with E-state index in [9.17, 15) is 0 Å². The van der Waals surface area contributed by atoms with Gasteiger partial charge in [-0.05, 0) is 38.2 Å². The van der Waals surface area contributed by atoms with Gasteiger partial charge in [0.1, 0.15) is 0 Å².